The molecule has 0 saturated carbocycles. The molecular formula is C13H15Cl2Ti. The third-order valence-corrected chi connectivity index (χ3v) is 3.77. The van der Waals surface area contributed by atoms with Gasteiger partial charge in [0.1, 0.15) is 0 Å². The number of hydrogen-bond donors (Lipinski definition) is 0. The second kappa shape index (κ2) is 5.73. The average Bonchev–Trinajstić information content (AvgIpc) is 2.44. The van der Waals surface area contributed by atoms with Crippen molar-refractivity contribution in [2.24, 2.45) is 5.41 Å². The van der Waals surface area contributed by atoms with Crippen molar-refractivity contribution in [1.82, 2.24) is 0 Å². The molecule has 85 valence electrons. The predicted octanol–water partition coefficient (Wildman–Crippen LogP) is -2.27. The summed E-state index contributed by atoms with van der Waals surface area (Å²) < 4.78 is 0.589. The molecule has 3 heteroatoms. The van der Waals surface area contributed by atoms with E-state index in [2.05, 4.69) is 71.5 Å². The summed E-state index contributed by atoms with van der Waals surface area (Å²) in [7, 11) is 0. The minimum atomic E-state index is 0. The van der Waals surface area contributed by atoms with E-state index in [1.807, 2.05) is 0 Å². The van der Waals surface area contributed by atoms with Gasteiger partial charge in [-0.25, -0.2) is 0 Å². The Morgan fingerprint density at radius 3 is 2.12 bits per heavy atom. The Labute approximate surface area is 122 Å². The zero-order valence-electron chi connectivity index (χ0n) is 9.72. The number of halogens is 2. The first-order chi connectivity index (χ1) is 6.50. The van der Waals surface area contributed by atoms with Crippen molar-refractivity contribution in [3.05, 3.63) is 41.0 Å². The molecule has 0 spiro atoms. The molecule has 1 aliphatic carbocycles. The Bertz CT molecular complexity index is 391. The van der Waals surface area contributed by atoms with Gasteiger partial charge in [-0.1, -0.05) is 0 Å². The van der Waals surface area contributed by atoms with Crippen molar-refractivity contribution in [2.45, 2.75) is 25.0 Å². The molecule has 2 rings (SSSR count). The summed E-state index contributed by atoms with van der Waals surface area (Å²) in [5, 5.41) is 0. The van der Waals surface area contributed by atoms with E-state index in [1.54, 1.807) is 5.57 Å². The molecule has 1 atom stereocenters. The molecule has 0 heterocycles. The Morgan fingerprint density at radius 1 is 1.06 bits per heavy atom. The van der Waals surface area contributed by atoms with Crippen LogP contribution in [0.2, 0.25) is 0 Å². The van der Waals surface area contributed by atoms with E-state index >= 15 is 0 Å². The van der Waals surface area contributed by atoms with Gasteiger partial charge >= 0.3 is 97.9 Å². The van der Waals surface area contributed by atoms with E-state index in [4.69, 9.17) is 0 Å². The van der Waals surface area contributed by atoms with Gasteiger partial charge < -0.3 is 24.8 Å². The van der Waals surface area contributed by atoms with Gasteiger partial charge in [0.05, 0.1) is 0 Å². The maximum Gasteiger partial charge on any atom is -1.00 e. The Kier molecular flexibility index (Phi) is 5.82. The maximum absolute atomic E-state index is 2.36. The summed E-state index contributed by atoms with van der Waals surface area (Å²) in [6.07, 6.45) is 2.36. The van der Waals surface area contributed by atoms with E-state index in [0.717, 1.165) is 0 Å². The molecule has 0 nitrogen and oxygen atoms in total. The zero-order chi connectivity index (χ0) is 10.3. The van der Waals surface area contributed by atoms with E-state index < -0.39 is 0 Å². The Morgan fingerprint density at radius 2 is 1.62 bits per heavy atom. The molecule has 0 saturated heterocycles. The first-order valence-corrected chi connectivity index (χ1v) is 5.92. The van der Waals surface area contributed by atoms with Crippen LogP contribution >= 0.6 is 0 Å². The van der Waals surface area contributed by atoms with Gasteiger partial charge in [0.2, 0.25) is 0 Å². The standard InChI is InChI=1S/C13H15.2ClH.Ti/c1-13(2,3)12-8-10-6-4-5-7-11(10)9-12;;;/h4-9H,1-3H3;2*1H;/q;;;+2/p-2. The van der Waals surface area contributed by atoms with Crippen LogP contribution in [0.25, 0.3) is 6.08 Å². The molecule has 0 bridgehead atoms. The van der Waals surface area contributed by atoms with Crippen LogP contribution in [-0.4, -0.2) is 0 Å². The first-order valence-electron chi connectivity index (χ1n) is 5.02. The first kappa shape index (κ1) is 16.3. The number of rotatable bonds is 0. The molecule has 1 aromatic rings. The monoisotopic (exact) mass is 289 g/mol. The molecule has 0 N–H and O–H groups in total. The fourth-order valence-electron chi connectivity index (χ4n) is 1.97. The van der Waals surface area contributed by atoms with Crippen LogP contribution in [0.15, 0.2) is 29.8 Å². The third-order valence-electron chi connectivity index (χ3n) is 2.80. The molecule has 1 unspecified atom stereocenters. The van der Waals surface area contributed by atoms with Gasteiger partial charge in [-0.15, -0.1) is 0 Å². The fourth-order valence-corrected chi connectivity index (χ4v) is 3.19. The van der Waals surface area contributed by atoms with Gasteiger partial charge in [-0.2, -0.15) is 0 Å². The van der Waals surface area contributed by atoms with E-state index in [9.17, 15) is 0 Å². The number of fused-ring (bicyclic) bond motifs is 1. The second-order valence-corrected chi connectivity index (χ2v) is 5.81. The van der Waals surface area contributed by atoms with Gasteiger partial charge in [0, 0.05) is 0 Å². The van der Waals surface area contributed by atoms with Crippen molar-refractivity contribution in [3.63, 3.8) is 0 Å². The van der Waals surface area contributed by atoms with Crippen LogP contribution in [0.4, 0.5) is 0 Å². The smallest absolute Gasteiger partial charge is 1.00 e. The molecule has 0 aromatic heterocycles. The third kappa shape index (κ3) is 2.93. The number of hydrogen-bond acceptors (Lipinski definition) is 0. The van der Waals surface area contributed by atoms with Crippen LogP contribution in [0.1, 0.15) is 36.1 Å². The minimum absolute atomic E-state index is 0. The summed E-state index contributed by atoms with van der Waals surface area (Å²) in [6.45, 7) is 6.88. The van der Waals surface area contributed by atoms with Gasteiger partial charge in [-0.05, 0) is 0 Å². The summed E-state index contributed by atoms with van der Waals surface area (Å²) in [5.41, 5.74) is 4.74. The molecule has 0 aliphatic heterocycles. The Hall–Kier alpha value is 0.254. The summed E-state index contributed by atoms with van der Waals surface area (Å²) in [4.78, 5) is 0. The number of benzene rings is 1. The summed E-state index contributed by atoms with van der Waals surface area (Å²) in [6, 6.07) is 8.71. The van der Waals surface area contributed by atoms with E-state index in [1.165, 1.54) is 11.1 Å². The summed E-state index contributed by atoms with van der Waals surface area (Å²) >= 11 is 2.31. The Balaban J connectivity index is 0.00000112. The van der Waals surface area contributed by atoms with E-state index in [0.29, 0.717) is 9.64 Å². The quantitative estimate of drug-likeness (QED) is 0.473. The van der Waals surface area contributed by atoms with Crippen molar-refractivity contribution in [3.8, 4) is 0 Å². The van der Waals surface area contributed by atoms with Crippen molar-refractivity contribution >= 4 is 6.08 Å². The molecular weight excluding hydrogens is 275 g/mol. The van der Waals surface area contributed by atoms with E-state index in [-0.39, 0.29) is 24.8 Å². The van der Waals surface area contributed by atoms with Crippen LogP contribution < -0.4 is 24.8 Å². The summed E-state index contributed by atoms with van der Waals surface area (Å²) in [5.74, 6) is 0. The van der Waals surface area contributed by atoms with Gasteiger partial charge in [0.25, 0.3) is 0 Å². The molecule has 0 fully saturated rings. The largest absolute Gasteiger partial charge is 1.00 e. The number of allylic oxidation sites excluding steroid dienone is 1. The van der Waals surface area contributed by atoms with Gasteiger partial charge in [-0.3, -0.25) is 0 Å². The fraction of sp³-hybridized carbons (Fsp3) is 0.385. The second-order valence-electron chi connectivity index (χ2n) is 4.91. The van der Waals surface area contributed by atoms with Crippen molar-refractivity contribution in [2.75, 3.05) is 0 Å². The molecule has 0 radical (unpaired) electrons. The van der Waals surface area contributed by atoms with Crippen LogP contribution in [0, 0.1) is 5.41 Å². The van der Waals surface area contributed by atoms with Crippen LogP contribution in [0.5, 0.6) is 0 Å². The molecule has 16 heavy (non-hydrogen) atoms. The van der Waals surface area contributed by atoms with Gasteiger partial charge in [0.15, 0.2) is 0 Å². The normalized spacial score (nSPS) is 18.1. The maximum atomic E-state index is 2.36. The molecule has 1 aromatic carbocycles. The van der Waals surface area contributed by atoms with Crippen molar-refractivity contribution in [1.29, 1.82) is 0 Å². The van der Waals surface area contributed by atoms with Crippen LogP contribution in [-0.2, 0) is 20.4 Å². The molecule has 0 amide bonds. The predicted molar refractivity (Wildman–Crippen MR) is 56.6 cm³/mol. The van der Waals surface area contributed by atoms with Crippen molar-refractivity contribution < 1.29 is 45.2 Å². The topological polar surface area (TPSA) is 0 Å². The minimum Gasteiger partial charge on any atom is -1.00 e. The van der Waals surface area contributed by atoms with Crippen LogP contribution in [0.3, 0.4) is 0 Å². The zero-order valence-corrected chi connectivity index (χ0v) is 12.8. The molecule has 1 aliphatic rings. The average molecular weight is 290 g/mol. The SMILES string of the molecule is CC(C)(C)C1=Cc2ccccc2[CH]1[Ti+2].[Cl-].[Cl-].